The van der Waals surface area contributed by atoms with E-state index < -0.39 is 10.9 Å². The molecule has 0 N–H and O–H groups in total. The lowest BCUT2D eigenvalue weighted by molar-refractivity contribution is -0.385. The number of methoxy groups -OCH3 is 1. The van der Waals surface area contributed by atoms with Crippen molar-refractivity contribution in [3.8, 4) is 11.5 Å². The fourth-order valence-electron chi connectivity index (χ4n) is 2.04. The number of benzene rings is 2. The average Bonchev–Trinajstić information content (AvgIpc) is 2.57. The number of nitrogens with zero attached hydrogens (tertiary/aromatic N) is 1. The third-order valence-electron chi connectivity index (χ3n) is 3.18. The first kappa shape index (κ1) is 17.3. The lowest BCUT2D eigenvalue weighted by Gasteiger charge is -2.10. The Labute approximate surface area is 138 Å². The van der Waals surface area contributed by atoms with Crippen molar-refractivity contribution in [1.82, 2.24) is 0 Å². The van der Waals surface area contributed by atoms with Crippen LogP contribution in [0.4, 0.5) is 5.69 Å². The maximum Gasteiger partial charge on any atom is 0.337 e. The van der Waals surface area contributed by atoms with Gasteiger partial charge in [-0.05, 0) is 30.7 Å². The number of esters is 1. The van der Waals surface area contributed by atoms with Crippen LogP contribution in [0.15, 0.2) is 42.5 Å². The summed E-state index contributed by atoms with van der Waals surface area (Å²) in [7, 11) is 1.24. The zero-order valence-corrected chi connectivity index (χ0v) is 13.4. The van der Waals surface area contributed by atoms with Gasteiger partial charge in [0.2, 0.25) is 0 Å². The molecule has 0 unspecified atom stereocenters. The predicted octanol–water partition coefficient (Wildman–Crippen LogP) is 3.15. The normalized spacial score (nSPS) is 10.1. The van der Waals surface area contributed by atoms with Gasteiger partial charge in [-0.2, -0.15) is 0 Å². The summed E-state index contributed by atoms with van der Waals surface area (Å²) >= 11 is 0. The molecule has 0 aromatic heterocycles. The topological polar surface area (TPSA) is 87.9 Å². The van der Waals surface area contributed by atoms with Gasteiger partial charge >= 0.3 is 11.7 Å². The largest absolute Gasteiger partial charge is 0.490 e. The maximum atomic E-state index is 11.5. The van der Waals surface area contributed by atoms with Gasteiger partial charge in [-0.15, -0.1) is 0 Å². The first-order valence-corrected chi connectivity index (χ1v) is 7.20. The minimum atomic E-state index is -0.592. The van der Waals surface area contributed by atoms with Crippen LogP contribution in [0.1, 0.15) is 15.9 Å². The van der Waals surface area contributed by atoms with Crippen molar-refractivity contribution in [1.29, 1.82) is 0 Å². The Kier molecular flexibility index (Phi) is 5.73. The lowest BCUT2D eigenvalue weighted by Crippen LogP contribution is -2.11. The van der Waals surface area contributed by atoms with Crippen LogP contribution in [0.2, 0.25) is 0 Å². The smallest absolute Gasteiger partial charge is 0.337 e. The Morgan fingerprint density at radius 2 is 1.88 bits per heavy atom. The second-order valence-electron chi connectivity index (χ2n) is 4.94. The van der Waals surface area contributed by atoms with Crippen LogP contribution in [0, 0.1) is 17.0 Å². The molecule has 0 saturated carbocycles. The molecule has 0 amide bonds. The van der Waals surface area contributed by atoms with Crippen LogP contribution < -0.4 is 9.47 Å². The van der Waals surface area contributed by atoms with Crippen molar-refractivity contribution in [2.75, 3.05) is 20.3 Å². The van der Waals surface area contributed by atoms with E-state index in [0.717, 1.165) is 5.56 Å². The Bertz CT molecular complexity index is 744. The van der Waals surface area contributed by atoms with Crippen LogP contribution in [0.3, 0.4) is 0 Å². The molecule has 2 aromatic carbocycles. The number of carbonyl (C=O) groups excluding carboxylic acids is 1. The number of ether oxygens (including phenoxy) is 3. The molecule has 0 bridgehead atoms. The summed E-state index contributed by atoms with van der Waals surface area (Å²) in [5.41, 5.74) is 1.02. The van der Waals surface area contributed by atoms with Gasteiger partial charge in [-0.3, -0.25) is 10.1 Å². The third kappa shape index (κ3) is 4.45. The van der Waals surface area contributed by atoms with Crippen LogP contribution in [0.5, 0.6) is 11.5 Å². The summed E-state index contributed by atoms with van der Waals surface area (Å²) < 4.78 is 15.5. The second kappa shape index (κ2) is 7.96. The van der Waals surface area contributed by atoms with Crippen molar-refractivity contribution < 1.29 is 23.9 Å². The first-order valence-electron chi connectivity index (χ1n) is 7.20. The number of nitro groups is 1. The molecule has 0 atom stereocenters. The van der Waals surface area contributed by atoms with Crippen molar-refractivity contribution in [2.24, 2.45) is 0 Å². The van der Waals surface area contributed by atoms with E-state index in [0.29, 0.717) is 5.75 Å². The SMILES string of the molecule is COC(=O)c1ccc([N+](=O)[O-])c(OCCOc2cccc(C)c2)c1. The van der Waals surface area contributed by atoms with Crippen LogP contribution in [-0.4, -0.2) is 31.2 Å². The van der Waals surface area contributed by atoms with Crippen molar-refractivity contribution in [3.63, 3.8) is 0 Å². The fourth-order valence-corrected chi connectivity index (χ4v) is 2.04. The molecule has 0 radical (unpaired) electrons. The summed E-state index contributed by atoms with van der Waals surface area (Å²) in [6.45, 7) is 2.26. The molecule has 0 heterocycles. The second-order valence-corrected chi connectivity index (χ2v) is 4.94. The third-order valence-corrected chi connectivity index (χ3v) is 3.18. The number of carbonyl (C=O) groups is 1. The maximum absolute atomic E-state index is 11.5. The van der Waals surface area contributed by atoms with E-state index in [4.69, 9.17) is 9.47 Å². The highest BCUT2D eigenvalue weighted by Crippen LogP contribution is 2.28. The number of aryl methyl sites for hydroxylation is 1. The van der Waals surface area contributed by atoms with Crippen molar-refractivity contribution in [3.05, 3.63) is 63.7 Å². The molecule has 0 aliphatic rings. The molecular formula is C17H17NO6. The molecule has 7 heteroatoms. The van der Waals surface area contributed by atoms with Crippen LogP contribution in [-0.2, 0) is 4.74 Å². The van der Waals surface area contributed by atoms with E-state index in [2.05, 4.69) is 4.74 Å². The van der Waals surface area contributed by atoms with Gasteiger partial charge in [0.15, 0.2) is 5.75 Å². The molecule has 2 rings (SSSR count). The van der Waals surface area contributed by atoms with Crippen LogP contribution in [0.25, 0.3) is 0 Å². The van der Waals surface area contributed by atoms with Gasteiger partial charge < -0.3 is 14.2 Å². The minimum Gasteiger partial charge on any atom is -0.490 e. The summed E-state index contributed by atoms with van der Waals surface area (Å²) in [4.78, 5) is 22.0. The van der Waals surface area contributed by atoms with Gasteiger partial charge in [-0.1, -0.05) is 12.1 Å². The molecule has 0 spiro atoms. The number of nitro benzene ring substituents is 1. The van der Waals surface area contributed by atoms with E-state index in [1.54, 1.807) is 0 Å². The van der Waals surface area contributed by atoms with Gasteiger partial charge in [0.1, 0.15) is 19.0 Å². The average molecular weight is 331 g/mol. The Hall–Kier alpha value is -3.09. The minimum absolute atomic E-state index is 0.00394. The highest BCUT2D eigenvalue weighted by molar-refractivity contribution is 5.90. The summed E-state index contributed by atoms with van der Waals surface area (Å²) in [5.74, 6) is 0.0953. The van der Waals surface area contributed by atoms with Crippen molar-refractivity contribution >= 4 is 11.7 Å². The Balaban J connectivity index is 2.02. The summed E-state index contributed by atoms with van der Waals surface area (Å²) in [6.07, 6.45) is 0. The van der Waals surface area contributed by atoms with Crippen LogP contribution >= 0.6 is 0 Å². The molecule has 0 aliphatic carbocycles. The zero-order chi connectivity index (χ0) is 17.5. The molecule has 0 aliphatic heterocycles. The summed E-state index contributed by atoms with van der Waals surface area (Å²) in [6, 6.07) is 11.3. The monoisotopic (exact) mass is 331 g/mol. The highest BCUT2D eigenvalue weighted by Gasteiger charge is 2.18. The molecule has 7 nitrogen and oxygen atoms in total. The van der Waals surface area contributed by atoms with Gasteiger partial charge in [-0.25, -0.2) is 4.79 Å². The van der Waals surface area contributed by atoms with Gasteiger partial charge in [0.05, 0.1) is 17.6 Å². The molecule has 0 fully saturated rings. The van der Waals surface area contributed by atoms with E-state index in [1.165, 1.54) is 25.3 Å². The molecular weight excluding hydrogens is 314 g/mol. The quantitative estimate of drug-likeness (QED) is 0.335. The van der Waals surface area contributed by atoms with Gasteiger partial charge in [0, 0.05) is 12.1 Å². The van der Waals surface area contributed by atoms with Gasteiger partial charge in [0.25, 0.3) is 0 Å². The molecule has 24 heavy (non-hydrogen) atoms. The fraction of sp³-hybridized carbons (Fsp3) is 0.235. The van der Waals surface area contributed by atoms with E-state index >= 15 is 0 Å². The number of hydrogen-bond acceptors (Lipinski definition) is 6. The first-order chi connectivity index (χ1) is 11.5. The standard InChI is InChI=1S/C17H17NO6/c1-12-4-3-5-14(10-12)23-8-9-24-16-11-13(17(19)22-2)6-7-15(16)18(20)21/h3-7,10-11H,8-9H2,1-2H3. The number of rotatable bonds is 7. The predicted molar refractivity (Wildman–Crippen MR) is 86.6 cm³/mol. The van der Waals surface area contributed by atoms with E-state index in [-0.39, 0.29) is 30.2 Å². The Morgan fingerprint density at radius 3 is 2.54 bits per heavy atom. The van der Waals surface area contributed by atoms with Crippen molar-refractivity contribution in [2.45, 2.75) is 6.92 Å². The molecule has 126 valence electrons. The Morgan fingerprint density at radius 1 is 1.12 bits per heavy atom. The van der Waals surface area contributed by atoms with E-state index in [9.17, 15) is 14.9 Å². The zero-order valence-electron chi connectivity index (χ0n) is 13.4. The van der Waals surface area contributed by atoms with E-state index in [1.807, 2.05) is 31.2 Å². The summed E-state index contributed by atoms with van der Waals surface area (Å²) in [5, 5.41) is 11.0. The molecule has 2 aromatic rings. The lowest BCUT2D eigenvalue weighted by atomic mass is 10.2. The number of hydrogen-bond donors (Lipinski definition) is 0. The molecule has 0 saturated heterocycles. The highest BCUT2D eigenvalue weighted by atomic mass is 16.6.